The summed E-state index contributed by atoms with van der Waals surface area (Å²) < 4.78 is 18.1. The lowest BCUT2D eigenvalue weighted by molar-refractivity contribution is -0.227. The fourth-order valence-electron chi connectivity index (χ4n) is 4.24. The molecule has 0 aliphatic carbocycles. The normalized spacial score (nSPS) is 35.5. The number of fused-ring (bicyclic) bond motifs is 3. The highest BCUT2D eigenvalue weighted by molar-refractivity contribution is 9.10. The van der Waals surface area contributed by atoms with Crippen LogP contribution in [-0.2, 0) is 25.6 Å². The molecule has 0 bridgehead atoms. The Hall–Kier alpha value is -1.83. The largest absolute Gasteiger partial charge is 0.780 e. The summed E-state index contributed by atoms with van der Waals surface area (Å²) in [6, 6.07) is 9.62. The number of amides is 1. The van der Waals surface area contributed by atoms with Gasteiger partial charge in [0.25, 0.3) is 5.91 Å². The maximum absolute atomic E-state index is 13.2. The summed E-state index contributed by atoms with van der Waals surface area (Å²) in [6.07, 6.45) is -2.60. The molecule has 5 heterocycles. The molecule has 2 fully saturated rings. The van der Waals surface area contributed by atoms with Crippen molar-refractivity contribution in [3.05, 3.63) is 52.5 Å². The molecule has 1 amide bonds. The van der Waals surface area contributed by atoms with Crippen LogP contribution in [0.25, 0.3) is 5.70 Å². The highest BCUT2D eigenvalue weighted by Crippen LogP contribution is 2.50. The number of hydrogen-bond acceptors (Lipinski definition) is 10. The number of ether oxygens (including phenoxy) is 1. The first kappa shape index (κ1) is 20.8. The molecule has 3 N–H and O–H groups in total. The van der Waals surface area contributed by atoms with Crippen molar-refractivity contribution in [2.75, 3.05) is 11.9 Å². The van der Waals surface area contributed by atoms with E-state index in [1.807, 2.05) is 30.3 Å². The van der Waals surface area contributed by atoms with E-state index in [4.69, 9.17) is 25.6 Å². The fourth-order valence-corrected chi connectivity index (χ4v) is 6.23. The quantitative estimate of drug-likeness (QED) is 0.466. The molecule has 6 rings (SSSR count). The van der Waals surface area contributed by atoms with Crippen LogP contribution < -0.4 is 15.5 Å². The summed E-state index contributed by atoms with van der Waals surface area (Å²) in [7, 11) is 0. The average molecular weight is 541 g/mol. The second-order valence-corrected chi connectivity index (χ2v) is 11.0. The minimum Gasteiger partial charge on any atom is -0.780 e. The number of hydrogen-bond donors (Lipinski definition) is 3. The maximum Gasteiger partial charge on any atom is 0.283 e. The zero-order valence-corrected chi connectivity index (χ0v) is 19.4. The number of nitrogens with zero attached hydrogens (tertiary/aromatic N) is 3. The van der Waals surface area contributed by atoms with Crippen LogP contribution in [-0.4, -0.2) is 56.7 Å². The van der Waals surface area contributed by atoms with Crippen molar-refractivity contribution in [3.63, 3.8) is 0 Å². The van der Waals surface area contributed by atoms with Gasteiger partial charge in [0.05, 0.1) is 12.3 Å². The minimum absolute atomic E-state index is 0.0673. The summed E-state index contributed by atoms with van der Waals surface area (Å²) in [4.78, 5) is 31.1. The number of benzene rings is 1. The average Bonchev–Trinajstić information content (AvgIpc) is 3.43. The lowest BCUT2D eigenvalue weighted by Crippen LogP contribution is -2.49. The molecule has 6 atom stereocenters. The molecule has 4 aliphatic heterocycles. The number of anilines is 1. The number of halogens is 1. The van der Waals surface area contributed by atoms with Gasteiger partial charge >= 0.3 is 0 Å². The van der Waals surface area contributed by atoms with Crippen LogP contribution >= 0.6 is 22.6 Å². The topological polar surface area (TPSA) is 133 Å². The molecule has 2 saturated heterocycles. The van der Waals surface area contributed by atoms with Gasteiger partial charge in [0, 0.05) is 6.20 Å². The lowest BCUT2D eigenvalue weighted by atomic mass is 10.1. The van der Waals surface area contributed by atoms with E-state index in [1.54, 1.807) is 6.20 Å². The number of aliphatic hydroxyl groups excluding tert-OH is 1. The monoisotopic (exact) mass is 540 g/mol. The van der Waals surface area contributed by atoms with E-state index in [9.17, 15) is 14.8 Å². The molecule has 1 aromatic carbocycles. The van der Waals surface area contributed by atoms with E-state index in [0.717, 1.165) is 11.3 Å². The molecule has 2 unspecified atom stereocenters. The molecule has 168 valence electrons. The second-order valence-electron chi connectivity index (χ2n) is 7.63. The Kier molecular flexibility index (Phi) is 4.76. The number of carbonyl (C=O) groups is 1. The smallest absolute Gasteiger partial charge is 0.283 e. The van der Waals surface area contributed by atoms with E-state index in [0.29, 0.717) is 5.82 Å². The van der Waals surface area contributed by atoms with Crippen LogP contribution in [0.15, 0.2) is 41.3 Å². The summed E-state index contributed by atoms with van der Waals surface area (Å²) >= 11 is 8.15. The van der Waals surface area contributed by atoms with E-state index in [1.165, 1.54) is 9.47 Å². The standard InChI is InChI=1S/C18H17BrN5O6PS/c19-17-21-11-14(24(17)16-12(25)13-10(29-16)7-28-31(27,32)30-13)22-18-20-9(6-23(18)15(11)26)8-4-2-1-3-5-8/h1-6,10,12-13,16,18,20,22,25H,7H2,(H,27,32)/p-1/t10-,12-,13-,16-,18?,31?/m1/s1. The summed E-state index contributed by atoms with van der Waals surface area (Å²) in [5, 5.41) is 17.4. The molecule has 14 heteroatoms. The maximum atomic E-state index is 13.2. The molecular formula is C18H16BrN5O6PS-. The Bertz CT molecular complexity index is 1190. The molecule has 0 saturated carbocycles. The highest BCUT2D eigenvalue weighted by Gasteiger charge is 2.51. The number of nitrogens with one attached hydrogen (secondary N) is 2. The Morgan fingerprint density at radius 1 is 1.31 bits per heavy atom. The van der Waals surface area contributed by atoms with Crippen LogP contribution in [0.5, 0.6) is 0 Å². The number of carbonyl (C=O) groups excluding carboxylic acids is 1. The molecule has 1 aromatic heterocycles. The molecule has 2 aromatic rings. The van der Waals surface area contributed by atoms with E-state index in [2.05, 4.69) is 31.5 Å². The molecular weight excluding hydrogens is 525 g/mol. The van der Waals surface area contributed by atoms with Crippen molar-refractivity contribution in [2.24, 2.45) is 0 Å². The predicted molar refractivity (Wildman–Crippen MR) is 116 cm³/mol. The third-order valence-electron chi connectivity index (χ3n) is 5.71. The van der Waals surface area contributed by atoms with E-state index >= 15 is 0 Å². The number of aliphatic hydroxyl groups is 1. The Morgan fingerprint density at radius 3 is 2.88 bits per heavy atom. The SMILES string of the molecule is O=C1c2nc(Br)n([C@@H]3O[C@@H]4COP([O-])(=S)O[C@H]4[C@H]3O)c2NC2NC(c3ccccc3)=CN12. The van der Waals surface area contributed by atoms with Gasteiger partial charge in [-0.25, -0.2) is 4.98 Å². The van der Waals surface area contributed by atoms with Gasteiger partial charge in [-0.1, -0.05) is 42.1 Å². The van der Waals surface area contributed by atoms with Crippen LogP contribution in [0.3, 0.4) is 0 Å². The highest BCUT2D eigenvalue weighted by atomic mass is 79.9. The Balaban J connectivity index is 1.32. The lowest BCUT2D eigenvalue weighted by Gasteiger charge is -2.38. The van der Waals surface area contributed by atoms with Gasteiger partial charge in [-0.2, -0.15) is 0 Å². The first-order chi connectivity index (χ1) is 15.3. The van der Waals surface area contributed by atoms with Gasteiger partial charge in [-0.15, -0.1) is 0 Å². The number of imidazole rings is 1. The van der Waals surface area contributed by atoms with Gasteiger partial charge < -0.3 is 34.4 Å². The molecule has 32 heavy (non-hydrogen) atoms. The van der Waals surface area contributed by atoms with Crippen LogP contribution in [0, 0.1) is 0 Å². The van der Waals surface area contributed by atoms with Crippen LogP contribution in [0.2, 0.25) is 0 Å². The minimum atomic E-state index is -3.68. The first-order valence-electron chi connectivity index (χ1n) is 9.70. The third kappa shape index (κ3) is 3.16. The number of rotatable bonds is 2. The van der Waals surface area contributed by atoms with E-state index in [-0.39, 0.29) is 22.9 Å². The molecule has 11 nitrogen and oxygen atoms in total. The third-order valence-corrected chi connectivity index (χ3v) is 7.81. The van der Waals surface area contributed by atoms with Crippen LogP contribution in [0.4, 0.5) is 5.82 Å². The van der Waals surface area contributed by atoms with Crippen molar-refractivity contribution < 1.29 is 28.6 Å². The van der Waals surface area contributed by atoms with Gasteiger partial charge in [0.1, 0.15) is 30.8 Å². The summed E-state index contributed by atoms with van der Waals surface area (Å²) in [5.41, 5.74) is 1.88. The van der Waals surface area contributed by atoms with Gasteiger partial charge in [-0.05, 0) is 21.5 Å². The summed E-state index contributed by atoms with van der Waals surface area (Å²) in [5.74, 6) is 0.0460. The van der Waals surface area contributed by atoms with Gasteiger partial charge in [0.2, 0.25) is 0 Å². The van der Waals surface area contributed by atoms with E-state index < -0.39 is 37.5 Å². The summed E-state index contributed by atoms with van der Waals surface area (Å²) in [6.45, 7) is -3.75. The zero-order chi connectivity index (χ0) is 22.2. The van der Waals surface area contributed by atoms with Crippen molar-refractivity contribution in [1.82, 2.24) is 19.8 Å². The molecule has 4 aliphatic rings. The van der Waals surface area contributed by atoms with Crippen molar-refractivity contribution in [1.29, 1.82) is 0 Å². The predicted octanol–water partition coefficient (Wildman–Crippen LogP) is 0.657. The van der Waals surface area contributed by atoms with Crippen molar-refractivity contribution in [2.45, 2.75) is 30.8 Å². The molecule has 0 radical (unpaired) electrons. The second kappa shape index (κ2) is 7.34. The van der Waals surface area contributed by atoms with Gasteiger partial charge in [-0.3, -0.25) is 14.3 Å². The Morgan fingerprint density at radius 2 is 2.09 bits per heavy atom. The zero-order valence-electron chi connectivity index (χ0n) is 16.1. The van der Waals surface area contributed by atoms with Crippen molar-refractivity contribution >= 4 is 51.9 Å². The molecule has 0 spiro atoms. The Labute approximate surface area is 195 Å². The van der Waals surface area contributed by atoms with Crippen LogP contribution in [0.1, 0.15) is 22.3 Å². The van der Waals surface area contributed by atoms with Gasteiger partial charge in [0.15, 0.2) is 22.9 Å². The number of aromatic nitrogens is 2. The van der Waals surface area contributed by atoms with Crippen molar-refractivity contribution in [3.8, 4) is 0 Å². The first-order valence-corrected chi connectivity index (χ1v) is 13.1. The fraction of sp³-hybridized carbons (Fsp3) is 0.333.